The average Bonchev–Trinajstić information content (AvgIpc) is 2.05. The molecule has 0 atom stereocenters. The summed E-state index contributed by atoms with van der Waals surface area (Å²) in [5.41, 5.74) is 0.733. The lowest BCUT2D eigenvalue weighted by molar-refractivity contribution is -0.137. The van der Waals surface area contributed by atoms with Crippen molar-refractivity contribution in [1.82, 2.24) is 5.32 Å². The molecule has 0 spiro atoms. The molecular weight excluding hydrogens is 156 g/mol. The van der Waals surface area contributed by atoms with Gasteiger partial charge >= 0.3 is 5.97 Å². The number of nitrogens with one attached hydrogen (secondary N) is 1. The molecule has 0 saturated carbocycles. The largest absolute Gasteiger partial charge is 0.461 e. The first-order valence-electron chi connectivity index (χ1n) is 3.60. The summed E-state index contributed by atoms with van der Waals surface area (Å²) in [6.45, 7) is 1.91. The number of hydrogen-bond donors (Lipinski definition) is 1. The number of nitriles is 1. The van der Waals surface area contributed by atoms with E-state index in [0.717, 1.165) is 5.70 Å². The molecule has 0 aromatic rings. The van der Waals surface area contributed by atoms with E-state index in [9.17, 15) is 4.79 Å². The van der Waals surface area contributed by atoms with Crippen LogP contribution in [0, 0.1) is 11.3 Å². The molecule has 0 aromatic carbocycles. The zero-order chi connectivity index (χ0) is 9.40. The van der Waals surface area contributed by atoms with E-state index in [4.69, 9.17) is 5.26 Å². The van der Waals surface area contributed by atoms with E-state index in [0.29, 0.717) is 0 Å². The van der Waals surface area contributed by atoms with Crippen LogP contribution in [-0.4, -0.2) is 19.6 Å². The van der Waals surface area contributed by atoms with E-state index >= 15 is 0 Å². The van der Waals surface area contributed by atoms with Crippen molar-refractivity contribution >= 4 is 5.97 Å². The van der Waals surface area contributed by atoms with Crippen molar-refractivity contribution in [1.29, 1.82) is 5.26 Å². The number of esters is 1. The van der Waals surface area contributed by atoms with E-state index in [1.807, 2.05) is 6.07 Å². The number of ether oxygens (including phenoxy) is 1. The Labute approximate surface area is 71.8 Å². The van der Waals surface area contributed by atoms with E-state index in [1.54, 1.807) is 14.0 Å². The Balaban J connectivity index is 3.68. The number of nitrogens with zero attached hydrogens (tertiary/aromatic N) is 1. The third kappa shape index (κ3) is 5.30. The third-order valence-corrected chi connectivity index (χ3v) is 1.19. The van der Waals surface area contributed by atoms with E-state index in [2.05, 4.69) is 10.1 Å². The lowest BCUT2D eigenvalue weighted by Crippen LogP contribution is -2.08. The van der Waals surface area contributed by atoms with Crippen LogP contribution in [-0.2, 0) is 9.53 Å². The summed E-state index contributed by atoms with van der Waals surface area (Å²) in [6, 6.07) is 1.88. The lowest BCUT2D eigenvalue weighted by Gasteiger charge is -1.99. The van der Waals surface area contributed by atoms with Gasteiger partial charge in [0.25, 0.3) is 0 Å². The minimum Gasteiger partial charge on any atom is -0.461 e. The predicted octanol–water partition coefficient (Wildman–Crippen LogP) is 0.566. The molecular formula is C8H12N2O2. The lowest BCUT2D eigenvalue weighted by atomic mass is 10.4. The van der Waals surface area contributed by atoms with Crippen molar-refractivity contribution in [2.45, 2.75) is 13.3 Å². The molecule has 1 N–H and O–H groups in total. The van der Waals surface area contributed by atoms with Crippen molar-refractivity contribution in [2.24, 2.45) is 0 Å². The quantitative estimate of drug-likeness (QED) is 0.378. The normalized spacial score (nSPS) is 10.2. The molecule has 0 heterocycles. The van der Waals surface area contributed by atoms with Crippen LogP contribution in [0.2, 0.25) is 0 Å². The van der Waals surface area contributed by atoms with E-state index in [-0.39, 0.29) is 13.0 Å². The second kappa shape index (κ2) is 6.23. The Morgan fingerprint density at radius 3 is 2.92 bits per heavy atom. The van der Waals surface area contributed by atoms with Gasteiger partial charge in [-0.2, -0.15) is 5.26 Å². The van der Waals surface area contributed by atoms with Crippen LogP contribution in [0.25, 0.3) is 0 Å². The van der Waals surface area contributed by atoms with E-state index in [1.165, 1.54) is 6.08 Å². The van der Waals surface area contributed by atoms with Gasteiger partial charge in [0.15, 0.2) is 0 Å². The summed E-state index contributed by atoms with van der Waals surface area (Å²) in [4.78, 5) is 10.8. The Morgan fingerprint density at radius 1 is 1.75 bits per heavy atom. The van der Waals surface area contributed by atoms with Gasteiger partial charge in [-0.15, -0.1) is 0 Å². The molecule has 0 aromatic heterocycles. The molecule has 0 rings (SSSR count). The van der Waals surface area contributed by atoms with Crippen LogP contribution >= 0.6 is 0 Å². The zero-order valence-corrected chi connectivity index (χ0v) is 7.26. The monoisotopic (exact) mass is 168 g/mol. The van der Waals surface area contributed by atoms with Gasteiger partial charge in [0, 0.05) is 18.8 Å². The zero-order valence-electron chi connectivity index (χ0n) is 7.26. The first-order chi connectivity index (χ1) is 5.70. The van der Waals surface area contributed by atoms with Crippen LogP contribution in [0.3, 0.4) is 0 Å². The second-order valence-corrected chi connectivity index (χ2v) is 2.15. The van der Waals surface area contributed by atoms with Gasteiger partial charge in [-0.25, -0.2) is 4.79 Å². The third-order valence-electron chi connectivity index (χ3n) is 1.19. The SMILES string of the molecule is CN/C(C)=C\C(=O)OCCC#N. The summed E-state index contributed by atoms with van der Waals surface area (Å²) in [5, 5.41) is 10.9. The molecule has 12 heavy (non-hydrogen) atoms. The number of rotatable bonds is 4. The Bertz CT molecular complexity index is 216. The smallest absolute Gasteiger partial charge is 0.332 e. The maximum Gasteiger partial charge on any atom is 0.332 e. The van der Waals surface area contributed by atoms with Gasteiger partial charge in [0.2, 0.25) is 0 Å². The van der Waals surface area contributed by atoms with E-state index < -0.39 is 5.97 Å². The maximum absolute atomic E-state index is 10.8. The fraction of sp³-hybridized carbons (Fsp3) is 0.500. The molecule has 0 aliphatic carbocycles. The number of hydrogen-bond acceptors (Lipinski definition) is 4. The van der Waals surface area contributed by atoms with Gasteiger partial charge in [-0.05, 0) is 6.92 Å². The highest BCUT2D eigenvalue weighted by molar-refractivity contribution is 5.82. The number of carbonyl (C=O) groups is 1. The molecule has 0 aliphatic heterocycles. The van der Waals surface area contributed by atoms with Gasteiger partial charge in [-0.1, -0.05) is 0 Å². The fourth-order valence-corrected chi connectivity index (χ4v) is 0.488. The molecule has 0 fully saturated rings. The first-order valence-corrected chi connectivity index (χ1v) is 3.60. The van der Waals surface area contributed by atoms with Crippen molar-refractivity contribution in [2.75, 3.05) is 13.7 Å². The minimum absolute atomic E-state index is 0.156. The molecule has 0 saturated heterocycles. The minimum atomic E-state index is -0.419. The molecule has 4 nitrogen and oxygen atoms in total. The van der Waals surface area contributed by atoms with Gasteiger partial charge in [0.05, 0.1) is 12.5 Å². The Kier molecular flexibility index (Phi) is 5.45. The molecule has 0 amide bonds. The maximum atomic E-state index is 10.8. The molecule has 0 radical (unpaired) electrons. The molecule has 4 heteroatoms. The standard InChI is InChI=1S/C8H12N2O2/c1-7(10-2)6-8(11)12-5-3-4-9/h6,10H,3,5H2,1-2H3/b7-6-. The Hall–Kier alpha value is -1.50. The predicted molar refractivity (Wildman–Crippen MR) is 44.0 cm³/mol. The molecule has 0 unspecified atom stereocenters. The molecule has 0 aliphatic rings. The van der Waals surface area contributed by atoms with Gasteiger partial charge in [0.1, 0.15) is 6.61 Å². The summed E-state index contributed by atoms with van der Waals surface area (Å²) in [7, 11) is 1.72. The van der Waals surface area contributed by atoms with Crippen molar-refractivity contribution in [3.05, 3.63) is 11.8 Å². The summed E-state index contributed by atoms with van der Waals surface area (Å²) < 4.78 is 4.68. The van der Waals surface area contributed by atoms with Crippen molar-refractivity contribution in [3.8, 4) is 6.07 Å². The van der Waals surface area contributed by atoms with Crippen LogP contribution in [0.1, 0.15) is 13.3 Å². The fourth-order valence-electron chi connectivity index (χ4n) is 0.488. The second-order valence-electron chi connectivity index (χ2n) is 2.15. The summed E-state index contributed by atoms with van der Waals surface area (Å²) in [6.07, 6.45) is 1.58. The first kappa shape index (κ1) is 10.5. The summed E-state index contributed by atoms with van der Waals surface area (Å²) in [5.74, 6) is -0.419. The number of carbonyl (C=O) groups excluding carboxylic acids is 1. The molecule has 0 bridgehead atoms. The van der Waals surface area contributed by atoms with Crippen molar-refractivity contribution < 1.29 is 9.53 Å². The Morgan fingerprint density at radius 2 is 2.42 bits per heavy atom. The average molecular weight is 168 g/mol. The topological polar surface area (TPSA) is 62.1 Å². The molecule has 66 valence electrons. The van der Waals surface area contributed by atoms with Gasteiger partial charge < -0.3 is 10.1 Å². The van der Waals surface area contributed by atoms with Crippen LogP contribution < -0.4 is 5.32 Å². The van der Waals surface area contributed by atoms with Crippen molar-refractivity contribution in [3.63, 3.8) is 0 Å². The highest BCUT2D eigenvalue weighted by atomic mass is 16.5. The van der Waals surface area contributed by atoms with Crippen LogP contribution in [0.15, 0.2) is 11.8 Å². The van der Waals surface area contributed by atoms with Crippen LogP contribution in [0.4, 0.5) is 0 Å². The highest BCUT2D eigenvalue weighted by Crippen LogP contribution is 1.89. The highest BCUT2D eigenvalue weighted by Gasteiger charge is 1.96. The summed E-state index contributed by atoms with van der Waals surface area (Å²) >= 11 is 0. The number of allylic oxidation sites excluding steroid dienone is 1. The van der Waals surface area contributed by atoms with Crippen LogP contribution in [0.5, 0.6) is 0 Å². The van der Waals surface area contributed by atoms with Gasteiger partial charge in [-0.3, -0.25) is 0 Å².